The van der Waals surface area contributed by atoms with E-state index < -0.39 is 24.2 Å². The average molecular weight is 242 g/mol. The van der Waals surface area contributed by atoms with Gasteiger partial charge in [0.15, 0.2) is 0 Å². The third-order valence-corrected chi connectivity index (χ3v) is 2.56. The van der Waals surface area contributed by atoms with E-state index in [9.17, 15) is 14.7 Å². The first-order valence-corrected chi connectivity index (χ1v) is 5.54. The van der Waals surface area contributed by atoms with E-state index in [1.165, 1.54) is 13.0 Å². The summed E-state index contributed by atoms with van der Waals surface area (Å²) in [5, 5.41) is 12.4. The van der Waals surface area contributed by atoms with E-state index in [2.05, 4.69) is 5.32 Å². The second-order valence-electron chi connectivity index (χ2n) is 4.00. The summed E-state index contributed by atoms with van der Waals surface area (Å²) < 4.78 is 4.83. The molecular weight excluding hydrogens is 224 g/mol. The Balaban J connectivity index is 2.75. The summed E-state index contributed by atoms with van der Waals surface area (Å²) in [5.41, 5.74) is 6.17. The van der Waals surface area contributed by atoms with Crippen LogP contribution >= 0.6 is 0 Å². The minimum Gasteiger partial charge on any atom is -0.463 e. The molecule has 17 heavy (non-hydrogen) atoms. The molecule has 0 aromatic heterocycles. The van der Waals surface area contributed by atoms with Crippen LogP contribution in [0.5, 0.6) is 0 Å². The molecule has 0 aromatic carbocycles. The van der Waals surface area contributed by atoms with Crippen LogP contribution in [0.2, 0.25) is 0 Å². The molecule has 0 fully saturated rings. The zero-order chi connectivity index (χ0) is 13.0. The van der Waals surface area contributed by atoms with E-state index in [4.69, 9.17) is 10.5 Å². The third-order valence-electron chi connectivity index (χ3n) is 2.56. The summed E-state index contributed by atoms with van der Waals surface area (Å²) in [4.78, 5) is 22.4. The fourth-order valence-corrected chi connectivity index (χ4v) is 1.81. The van der Waals surface area contributed by atoms with E-state index in [1.807, 2.05) is 0 Å². The van der Waals surface area contributed by atoms with Crippen molar-refractivity contribution < 1.29 is 19.4 Å². The number of hydrogen-bond acceptors (Lipinski definition) is 5. The quantitative estimate of drug-likeness (QED) is 0.555. The average Bonchev–Trinajstić information content (AvgIpc) is 2.23. The van der Waals surface area contributed by atoms with Crippen molar-refractivity contribution in [2.24, 2.45) is 5.73 Å². The molecule has 0 saturated carbocycles. The molecule has 4 N–H and O–H groups in total. The monoisotopic (exact) mass is 242 g/mol. The number of rotatable bonds is 3. The zero-order valence-electron chi connectivity index (χ0n) is 9.97. The van der Waals surface area contributed by atoms with Crippen molar-refractivity contribution in [3.8, 4) is 0 Å². The van der Waals surface area contributed by atoms with Gasteiger partial charge in [0.1, 0.15) is 0 Å². The van der Waals surface area contributed by atoms with Crippen molar-refractivity contribution >= 4 is 11.9 Å². The predicted octanol–water partition coefficient (Wildman–Crippen LogP) is -0.927. The topological polar surface area (TPSA) is 102 Å². The van der Waals surface area contributed by atoms with Crippen LogP contribution in [0.3, 0.4) is 0 Å². The molecule has 1 aliphatic rings. The maximum atomic E-state index is 11.5. The van der Waals surface area contributed by atoms with Crippen LogP contribution in [0.4, 0.5) is 0 Å². The first-order valence-electron chi connectivity index (χ1n) is 5.54. The Kier molecular flexibility index (Phi) is 4.65. The number of nitrogens with two attached hydrogens (primary N) is 1. The maximum Gasteiger partial charge on any atom is 0.333 e. The van der Waals surface area contributed by atoms with Gasteiger partial charge < -0.3 is 20.9 Å². The Morgan fingerprint density at radius 3 is 2.76 bits per heavy atom. The lowest BCUT2D eigenvalue weighted by molar-refractivity contribution is -0.139. The summed E-state index contributed by atoms with van der Waals surface area (Å²) in [7, 11) is 0. The molecule has 96 valence electrons. The molecule has 3 atom stereocenters. The van der Waals surface area contributed by atoms with Gasteiger partial charge in [-0.1, -0.05) is 0 Å². The highest BCUT2D eigenvalue weighted by Crippen LogP contribution is 2.19. The number of nitrogens with one attached hydrogen (secondary N) is 1. The third kappa shape index (κ3) is 3.54. The Morgan fingerprint density at radius 2 is 2.29 bits per heavy atom. The van der Waals surface area contributed by atoms with Crippen molar-refractivity contribution in [3.05, 3.63) is 11.6 Å². The lowest BCUT2D eigenvalue weighted by atomic mass is 9.88. The molecule has 1 amide bonds. The molecule has 1 aliphatic carbocycles. The number of aliphatic hydroxyl groups is 1. The van der Waals surface area contributed by atoms with Gasteiger partial charge in [-0.25, -0.2) is 4.79 Å². The number of amides is 1. The van der Waals surface area contributed by atoms with Gasteiger partial charge in [-0.05, 0) is 19.4 Å². The second kappa shape index (κ2) is 5.79. The molecule has 0 radical (unpaired) electrons. The largest absolute Gasteiger partial charge is 0.463 e. The fraction of sp³-hybridized carbons (Fsp3) is 0.636. The minimum atomic E-state index is -0.970. The highest BCUT2D eigenvalue weighted by Gasteiger charge is 2.32. The van der Waals surface area contributed by atoms with Crippen molar-refractivity contribution in [3.63, 3.8) is 0 Å². The lowest BCUT2D eigenvalue weighted by Crippen LogP contribution is -2.55. The Labute approximate surface area is 99.8 Å². The summed E-state index contributed by atoms with van der Waals surface area (Å²) in [5.74, 6) is -0.735. The summed E-state index contributed by atoms with van der Waals surface area (Å²) in [6, 6.07) is -1.07. The van der Waals surface area contributed by atoms with Gasteiger partial charge in [0, 0.05) is 18.5 Å². The standard InChI is InChI=1S/C11H18N2O4/c1-3-17-11(16)7-4-8(12)10(9(15)5-7)13-6(2)14/h5,8-10,15H,3-4,12H2,1-2H3,(H,13,14)/t8-,9-,10+/m0/s1. The van der Waals surface area contributed by atoms with Crippen LogP contribution < -0.4 is 11.1 Å². The number of carbonyl (C=O) groups excluding carboxylic acids is 2. The van der Waals surface area contributed by atoms with E-state index in [-0.39, 0.29) is 18.9 Å². The van der Waals surface area contributed by atoms with Gasteiger partial charge in [-0.2, -0.15) is 0 Å². The molecule has 6 heteroatoms. The van der Waals surface area contributed by atoms with E-state index in [0.29, 0.717) is 5.57 Å². The van der Waals surface area contributed by atoms with Gasteiger partial charge in [-0.3, -0.25) is 4.79 Å². The maximum absolute atomic E-state index is 11.5. The number of hydrogen-bond donors (Lipinski definition) is 3. The van der Waals surface area contributed by atoms with Crippen LogP contribution in [0.1, 0.15) is 20.3 Å². The van der Waals surface area contributed by atoms with Gasteiger partial charge in [0.2, 0.25) is 5.91 Å². The van der Waals surface area contributed by atoms with E-state index in [1.54, 1.807) is 6.92 Å². The van der Waals surface area contributed by atoms with Crippen LogP contribution in [-0.4, -0.2) is 41.8 Å². The van der Waals surface area contributed by atoms with Crippen LogP contribution in [0.25, 0.3) is 0 Å². The van der Waals surface area contributed by atoms with Crippen molar-refractivity contribution in [2.45, 2.75) is 38.5 Å². The number of aliphatic hydroxyl groups excluding tert-OH is 1. The summed E-state index contributed by atoms with van der Waals surface area (Å²) in [6.45, 7) is 3.33. The smallest absolute Gasteiger partial charge is 0.333 e. The molecule has 0 unspecified atom stereocenters. The molecule has 0 heterocycles. The Bertz CT molecular complexity index is 340. The first-order chi connectivity index (χ1) is 7.95. The van der Waals surface area contributed by atoms with Gasteiger partial charge in [-0.15, -0.1) is 0 Å². The molecule has 0 spiro atoms. The minimum absolute atomic E-state index is 0.266. The molecule has 0 bridgehead atoms. The van der Waals surface area contributed by atoms with Crippen molar-refractivity contribution in [1.29, 1.82) is 0 Å². The van der Waals surface area contributed by atoms with Crippen LogP contribution in [-0.2, 0) is 14.3 Å². The molecule has 1 rings (SSSR count). The normalized spacial score (nSPS) is 28.2. The summed E-state index contributed by atoms with van der Waals surface area (Å²) >= 11 is 0. The summed E-state index contributed by atoms with van der Waals surface area (Å²) in [6.07, 6.45) is 0.699. The van der Waals surface area contributed by atoms with E-state index >= 15 is 0 Å². The van der Waals surface area contributed by atoms with Gasteiger partial charge in [0.05, 0.1) is 18.8 Å². The van der Waals surface area contributed by atoms with Crippen molar-refractivity contribution in [2.75, 3.05) is 6.61 Å². The second-order valence-corrected chi connectivity index (χ2v) is 4.00. The zero-order valence-corrected chi connectivity index (χ0v) is 9.97. The highest BCUT2D eigenvalue weighted by atomic mass is 16.5. The van der Waals surface area contributed by atoms with Gasteiger partial charge >= 0.3 is 5.97 Å². The van der Waals surface area contributed by atoms with Crippen molar-refractivity contribution in [1.82, 2.24) is 5.32 Å². The molecule has 6 nitrogen and oxygen atoms in total. The highest BCUT2D eigenvalue weighted by molar-refractivity contribution is 5.89. The molecule has 0 saturated heterocycles. The molecular formula is C11H18N2O4. The van der Waals surface area contributed by atoms with Gasteiger partial charge in [0.25, 0.3) is 0 Å². The Hall–Kier alpha value is -1.40. The van der Waals surface area contributed by atoms with Crippen LogP contribution in [0.15, 0.2) is 11.6 Å². The number of ether oxygens (including phenoxy) is 1. The number of esters is 1. The predicted molar refractivity (Wildman–Crippen MR) is 60.9 cm³/mol. The lowest BCUT2D eigenvalue weighted by Gasteiger charge is -2.32. The Morgan fingerprint density at radius 1 is 1.65 bits per heavy atom. The molecule has 0 aromatic rings. The first kappa shape index (κ1) is 13.7. The van der Waals surface area contributed by atoms with Crippen LogP contribution in [0, 0.1) is 0 Å². The number of carbonyl (C=O) groups is 2. The molecule has 0 aliphatic heterocycles. The van der Waals surface area contributed by atoms with E-state index in [0.717, 1.165) is 0 Å². The fourth-order valence-electron chi connectivity index (χ4n) is 1.81. The SMILES string of the molecule is CCOC(=O)C1=C[C@H](O)[C@H](NC(C)=O)[C@@H](N)C1.